The van der Waals surface area contributed by atoms with Crippen LogP contribution in [0.5, 0.6) is 0 Å². The third-order valence-electron chi connectivity index (χ3n) is 5.12. The molecule has 2 aliphatic rings. The first-order chi connectivity index (χ1) is 10.9. The van der Waals surface area contributed by atoms with E-state index >= 15 is 0 Å². The molecule has 1 aromatic rings. The van der Waals surface area contributed by atoms with Gasteiger partial charge in [-0.25, -0.2) is 9.97 Å². The minimum atomic E-state index is 0.0913. The molecule has 2 fully saturated rings. The first-order valence-electron chi connectivity index (χ1n) is 8.37. The van der Waals surface area contributed by atoms with Gasteiger partial charge in [0.15, 0.2) is 0 Å². The summed E-state index contributed by atoms with van der Waals surface area (Å²) < 4.78 is 0. The molecule has 23 heavy (non-hydrogen) atoms. The number of amides is 1. The van der Waals surface area contributed by atoms with Crippen LogP contribution in [0.2, 0.25) is 0 Å². The molecular formula is C18H26N4O. The molecule has 2 atom stereocenters. The van der Waals surface area contributed by atoms with Gasteiger partial charge in [0.05, 0.1) is 5.92 Å². The summed E-state index contributed by atoms with van der Waals surface area (Å²) in [4.78, 5) is 25.6. The van der Waals surface area contributed by atoms with Crippen LogP contribution in [-0.2, 0) is 4.79 Å². The van der Waals surface area contributed by atoms with Crippen LogP contribution in [0.25, 0.3) is 0 Å². The van der Waals surface area contributed by atoms with Gasteiger partial charge in [0, 0.05) is 38.6 Å². The fourth-order valence-electron chi connectivity index (χ4n) is 3.60. The number of hydrogen-bond acceptors (Lipinski definition) is 4. The number of carbonyl (C=O) groups is 1. The summed E-state index contributed by atoms with van der Waals surface area (Å²) >= 11 is 0. The monoisotopic (exact) mass is 314 g/mol. The highest BCUT2D eigenvalue weighted by molar-refractivity contribution is 5.84. The van der Waals surface area contributed by atoms with Gasteiger partial charge >= 0.3 is 0 Å². The van der Waals surface area contributed by atoms with E-state index in [1.807, 2.05) is 11.0 Å². The van der Waals surface area contributed by atoms with Crippen molar-refractivity contribution in [2.45, 2.75) is 27.7 Å². The average Bonchev–Trinajstić information content (AvgIpc) is 3.07. The lowest BCUT2D eigenvalue weighted by molar-refractivity contribution is -0.133. The molecule has 0 bridgehead atoms. The lowest BCUT2D eigenvalue weighted by atomic mass is 10.1. The second kappa shape index (κ2) is 5.95. The normalized spacial score (nSPS) is 25.9. The Morgan fingerprint density at radius 3 is 2.35 bits per heavy atom. The summed E-state index contributed by atoms with van der Waals surface area (Å²) in [5.74, 6) is 1.59. The highest BCUT2D eigenvalue weighted by atomic mass is 16.2. The summed E-state index contributed by atoms with van der Waals surface area (Å²) in [6.45, 7) is 11.7. The summed E-state index contributed by atoms with van der Waals surface area (Å²) in [6, 6.07) is 1.82. The Morgan fingerprint density at radius 1 is 1.17 bits per heavy atom. The third-order valence-corrected chi connectivity index (χ3v) is 5.12. The zero-order valence-electron chi connectivity index (χ0n) is 14.5. The van der Waals surface area contributed by atoms with Gasteiger partial charge in [-0.1, -0.05) is 25.5 Å². The number of aromatic nitrogens is 2. The van der Waals surface area contributed by atoms with Crippen LogP contribution < -0.4 is 4.90 Å². The van der Waals surface area contributed by atoms with Gasteiger partial charge in [-0.15, -0.1) is 0 Å². The molecule has 1 saturated heterocycles. The van der Waals surface area contributed by atoms with E-state index in [0.717, 1.165) is 32.1 Å². The fraction of sp³-hybridized carbons (Fsp3) is 0.611. The molecule has 0 spiro atoms. The van der Waals surface area contributed by atoms with E-state index in [9.17, 15) is 4.79 Å². The van der Waals surface area contributed by atoms with Crippen molar-refractivity contribution in [3.63, 3.8) is 0 Å². The van der Waals surface area contributed by atoms with Crippen molar-refractivity contribution in [1.82, 2.24) is 14.9 Å². The predicted molar refractivity (Wildman–Crippen MR) is 91.0 cm³/mol. The zero-order valence-corrected chi connectivity index (χ0v) is 14.5. The molecule has 1 saturated carbocycles. The van der Waals surface area contributed by atoms with Crippen LogP contribution in [0, 0.1) is 17.3 Å². The summed E-state index contributed by atoms with van der Waals surface area (Å²) in [5, 5.41) is 0. The Kier molecular flexibility index (Phi) is 4.13. The number of hydrogen-bond donors (Lipinski definition) is 0. The molecule has 0 aromatic carbocycles. The van der Waals surface area contributed by atoms with Crippen molar-refractivity contribution in [3.05, 3.63) is 30.1 Å². The molecule has 3 rings (SSSR count). The van der Waals surface area contributed by atoms with Gasteiger partial charge in [0.25, 0.3) is 0 Å². The zero-order chi connectivity index (χ0) is 16.6. The maximum Gasteiger partial charge on any atom is 0.226 e. The average molecular weight is 314 g/mol. The van der Waals surface area contributed by atoms with Crippen molar-refractivity contribution in [1.29, 1.82) is 0 Å². The minimum Gasteiger partial charge on any atom is -0.339 e. The van der Waals surface area contributed by atoms with Crippen molar-refractivity contribution in [2.75, 3.05) is 31.1 Å². The summed E-state index contributed by atoms with van der Waals surface area (Å²) in [5.41, 5.74) is 1.39. The highest BCUT2D eigenvalue weighted by Gasteiger charge is 2.61. The van der Waals surface area contributed by atoms with Crippen molar-refractivity contribution >= 4 is 11.9 Å². The number of anilines is 1. The Labute approximate surface area is 138 Å². The largest absolute Gasteiger partial charge is 0.339 e. The molecule has 5 heteroatoms. The number of allylic oxidation sites excluding steroid dienone is 2. The number of piperazine rings is 1. The highest BCUT2D eigenvalue weighted by Crippen LogP contribution is 2.60. The lowest BCUT2D eigenvalue weighted by Gasteiger charge is -2.35. The van der Waals surface area contributed by atoms with Gasteiger partial charge in [-0.3, -0.25) is 4.79 Å². The van der Waals surface area contributed by atoms with Crippen LogP contribution in [0.1, 0.15) is 27.7 Å². The number of nitrogens with zero attached hydrogens (tertiary/aromatic N) is 4. The maximum atomic E-state index is 12.9. The van der Waals surface area contributed by atoms with Crippen molar-refractivity contribution in [2.24, 2.45) is 17.3 Å². The Morgan fingerprint density at radius 2 is 1.78 bits per heavy atom. The van der Waals surface area contributed by atoms with E-state index in [-0.39, 0.29) is 11.3 Å². The molecule has 0 unspecified atom stereocenters. The SMILES string of the molecule is CC(C)=C[C@@H]1[C@H](C(=O)N2CCN(c3ncccn3)CC2)C1(C)C. The van der Waals surface area contributed by atoms with Crippen LogP contribution in [0.3, 0.4) is 0 Å². The van der Waals surface area contributed by atoms with E-state index in [0.29, 0.717) is 11.8 Å². The maximum absolute atomic E-state index is 12.9. The summed E-state index contributed by atoms with van der Waals surface area (Å²) in [6.07, 6.45) is 5.78. The van der Waals surface area contributed by atoms with Gasteiger partial charge in [0.1, 0.15) is 0 Å². The first kappa shape index (κ1) is 16.0. The molecule has 0 N–H and O–H groups in total. The van der Waals surface area contributed by atoms with Crippen LogP contribution in [-0.4, -0.2) is 47.0 Å². The molecule has 1 aliphatic heterocycles. The van der Waals surface area contributed by atoms with Gasteiger partial charge in [-0.05, 0) is 31.2 Å². The second-order valence-corrected chi connectivity index (χ2v) is 7.43. The quantitative estimate of drug-likeness (QED) is 0.804. The molecule has 5 nitrogen and oxygen atoms in total. The second-order valence-electron chi connectivity index (χ2n) is 7.43. The lowest BCUT2D eigenvalue weighted by Crippen LogP contribution is -2.50. The molecule has 2 heterocycles. The minimum absolute atomic E-state index is 0.0913. The molecule has 1 aliphatic carbocycles. The van der Waals surface area contributed by atoms with Gasteiger partial charge < -0.3 is 9.80 Å². The molecule has 1 amide bonds. The first-order valence-corrected chi connectivity index (χ1v) is 8.37. The van der Waals surface area contributed by atoms with Crippen molar-refractivity contribution in [3.8, 4) is 0 Å². The third kappa shape index (κ3) is 3.09. The van der Waals surface area contributed by atoms with Crippen LogP contribution in [0.15, 0.2) is 30.1 Å². The molecule has 0 radical (unpaired) electrons. The smallest absolute Gasteiger partial charge is 0.226 e. The van der Waals surface area contributed by atoms with E-state index in [2.05, 4.69) is 48.6 Å². The molecular weight excluding hydrogens is 288 g/mol. The Balaban J connectivity index is 1.60. The standard InChI is InChI=1S/C18H26N4O/c1-13(2)12-14-15(18(14,3)4)16(23)21-8-10-22(11-9-21)17-19-6-5-7-20-17/h5-7,12,14-15H,8-11H2,1-4H3/t14-,15-/m1/s1. The summed E-state index contributed by atoms with van der Waals surface area (Å²) in [7, 11) is 0. The Hall–Kier alpha value is -1.91. The van der Waals surface area contributed by atoms with E-state index in [4.69, 9.17) is 0 Å². The van der Waals surface area contributed by atoms with E-state index in [1.54, 1.807) is 12.4 Å². The number of rotatable bonds is 3. The van der Waals surface area contributed by atoms with Gasteiger partial charge in [-0.2, -0.15) is 0 Å². The van der Waals surface area contributed by atoms with E-state index in [1.165, 1.54) is 5.57 Å². The predicted octanol–water partition coefficient (Wildman–Crippen LogP) is 2.36. The van der Waals surface area contributed by atoms with E-state index < -0.39 is 0 Å². The Bertz CT molecular complexity index is 599. The fourth-order valence-corrected chi connectivity index (χ4v) is 3.60. The van der Waals surface area contributed by atoms with Crippen molar-refractivity contribution < 1.29 is 4.79 Å². The number of carbonyl (C=O) groups excluding carboxylic acids is 1. The van der Waals surface area contributed by atoms with Crippen LogP contribution >= 0.6 is 0 Å². The molecule has 1 aromatic heterocycles. The van der Waals surface area contributed by atoms with Crippen LogP contribution in [0.4, 0.5) is 5.95 Å². The van der Waals surface area contributed by atoms with Gasteiger partial charge in [0.2, 0.25) is 11.9 Å². The topological polar surface area (TPSA) is 49.3 Å². The molecule has 124 valence electrons.